The smallest absolute Gasteiger partial charge is 0.180 e. The van der Waals surface area contributed by atoms with Crippen molar-refractivity contribution in [3.63, 3.8) is 0 Å². The fourth-order valence-corrected chi connectivity index (χ4v) is 3.07. The fraction of sp³-hybridized carbons (Fsp3) is 0.278. The summed E-state index contributed by atoms with van der Waals surface area (Å²) in [6.07, 6.45) is 0. The normalized spacial score (nSPS) is 18.2. The van der Waals surface area contributed by atoms with Gasteiger partial charge in [-0.1, -0.05) is 43.3 Å². The quantitative estimate of drug-likeness (QED) is 0.878. The minimum atomic E-state index is -0.0281. The van der Waals surface area contributed by atoms with E-state index in [0.29, 0.717) is 18.0 Å². The van der Waals surface area contributed by atoms with Gasteiger partial charge < -0.3 is 5.11 Å². The third-order valence-electron chi connectivity index (χ3n) is 4.08. The van der Waals surface area contributed by atoms with Gasteiger partial charge >= 0.3 is 0 Å². The molecule has 0 spiro atoms. The highest BCUT2D eigenvalue weighted by atomic mass is 16.3. The molecule has 1 atom stereocenters. The van der Waals surface area contributed by atoms with E-state index in [1.807, 2.05) is 6.07 Å². The summed E-state index contributed by atoms with van der Waals surface area (Å²) >= 11 is 0. The molecule has 1 N–H and O–H groups in total. The Kier molecular flexibility index (Phi) is 3.76. The number of Topliss-reactive ketones (excluding diaryl/α,β-unsaturated/α-hetero) is 1. The van der Waals surface area contributed by atoms with Gasteiger partial charge in [0.25, 0.3) is 0 Å². The van der Waals surface area contributed by atoms with Gasteiger partial charge in [0, 0.05) is 13.1 Å². The number of para-hydroxylation sites is 1. The predicted octanol–water partition coefficient (Wildman–Crippen LogP) is 3.19. The monoisotopic (exact) mass is 281 g/mol. The van der Waals surface area contributed by atoms with Crippen LogP contribution in [0.15, 0.2) is 48.5 Å². The molecule has 0 radical (unpaired) electrons. The third-order valence-corrected chi connectivity index (χ3v) is 4.08. The molecule has 2 aromatic carbocycles. The average molecular weight is 281 g/mol. The summed E-state index contributed by atoms with van der Waals surface area (Å²) < 4.78 is 0. The number of ketones is 1. The Morgan fingerprint density at radius 3 is 2.71 bits per heavy atom. The molecule has 2 aromatic rings. The van der Waals surface area contributed by atoms with Crippen molar-refractivity contribution in [2.45, 2.75) is 19.4 Å². The van der Waals surface area contributed by atoms with Crippen LogP contribution in [-0.4, -0.2) is 28.9 Å². The zero-order chi connectivity index (χ0) is 14.8. The summed E-state index contributed by atoms with van der Waals surface area (Å²) in [5.41, 5.74) is 3.08. The van der Waals surface area contributed by atoms with Crippen molar-refractivity contribution < 1.29 is 9.90 Å². The minimum absolute atomic E-state index is 0.0281. The topological polar surface area (TPSA) is 40.5 Å². The lowest BCUT2D eigenvalue weighted by molar-refractivity contribution is 0.0912. The molecule has 3 rings (SSSR count). The molecule has 0 saturated carbocycles. The molecule has 0 aromatic heterocycles. The van der Waals surface area contributed by atoms with Gasteiger partial charge in [0.05, 0.1) is 12.1 Å². The molecule has 0 aliphatic carbocycles. The van der Waals surface area contributed by atoms with Crippen molar-refractivity contribution in [2.24, 2.45) is 0 Å². The molecule has 3 heteroatoms. The maximum Gasteiger partial charge on any atom is 0.180 e. The lowest BCUT2D eigenvalue weighted by atomic mass is 9.91. The number of rotatable bonds is 3. The van der Waals surface area contributed by atoms with Gasteiger partial charge in [0.15, 0.2) is 5.78 Å². The van der Waals surface area contributed by atoms with Gasteiger partial charge in [-0.25, -0.2) is 0 Å². The molecule has 0 bridgehead atoms. The number of hydrogen-bond donors (Lipinski definition) is 1. The molecule has 1 aliphatic rings. The van der Waals surface area contributed by atoms with Crippen LogP contribution in [0.5, 0.6) is 5.75 Å². The molecule has 1 aliphatic heterocycles. The van der Waals surface area contributed by atoms with Crippen molar-refractivity contribution >= 4 is 5.78 Å². The zero-order valence-electron chi connectivity index (χ0n) is 12.1. The number of carbonyl (C=O) groups excluding carboxylic acids is 1. The van der Waals surface area contributed by atoms with Gasteiger partial charge in [-0.3, -0.25) is 9.69 Å². The molecule has 0 unspecified atom stereocenters. The van der Waals surface area contributed by atoms with E-state index in [0.717, 1.165) is 13.1 Å². The first-order valence-corrected chi connectivity index (χ1v) is 7.26. The molecule has 0 saturated heterocycles. The lowest BCUT2D eigenvalue weighted by Gasteiger charge is -2.32. The third kappa shape index (κ3) is 2.83. The standard InChI is InChI=1S/C18H19NO2/c1-13-10-19(11-14-6-2-3-7-15(13)14)12-18(21)16-8-4-5-9-17(16)20/h2-9,13,20H,10-12H2,1H3/t13-/m0/s1. The maximum atomic E-state index is 12.4. The van der Waals surface area contributed by atoms with E-state index < -0.39 is 0 Å². The van der Waals surface area contributed by atoms with Crippen LogP contribution in [0.4, 0.5) is 0 Å². The second-order valence-corrected chi connectivity index (χ2v) is 5.71. The molecule has 21 heavy (non-hydrogen) atoms. The largest absolute Gasteiger partial charge is 0.507 e. The number of hydrogen-bond acceptors (Lipinski definition) is 3. The zero-order valence-corrected chi connectivity index (χ0v) is 12.1. The van der Waals surface area contributed by atoms with E-state index in [9.17, 15) is 9.90 Å². The predicted molar refractivity (Wildman–Crippen MR) is 82.6 cm³/mol. The first-order valence-electron chi connectivity index (χ1n) is 7.26. The molecule has 108 valence electrons. The van der Waals surface area contributed by atoms with E-state index in [-0.39, 0.29) is 11.5 Å². The van der Waals surface area contributed by atoms with E-state index in [2.05, 4.69) is 30.0 Å². The summed E-state index contributed by atoms with van der Waals surface area (Å²) in [6, 6.07) is 15.1. The first kappa shape index (κ1) is 13.8. The minimum Gasteiger partial charge on any atom is -0.507 e. The van der Waals surface area contributed by atoms with Crippen LogP contribution < -0.4 is 0 Å². The number of fused-ring (bicyclic) bond motifs is 1. The Morgan fingerprint density at radius 2 is 1.90 bits per heavy atom. The summed E-state index contributed by atoms with van der Waals surface area (Å²) in [5.74, 6) is 0.458. The number of benzene rings is 2. The van der Waals surface area contributed by atoms with Crippen LogP contribution >= 0.6 is 0 Å². The van der Waals surface area contributed by atoms with Crippen molar-refractivity contribution in [3.05, 3.63) is 65.2 Å². The highest BCUT2D eigenvalue weighted by Gasteiger charge is 2.24. The Balaban J connectivity index is 1.75. The van der Waals surface area contributed by atoms with Crippen molar-refractivity contribution in [1.29, 1.82) is 0 Å². The number of carbonyl (C=O) groups is 1. The van der Waals surface area contributed by atoms with Crippen LogP contribution in [0.1, 0.15) is 34.3 Å². The number of aromatic hydroxyl groups is 1. The second kappa shape index (κ2) is 5.70. The van der Waals surface area contributed by atoms with Crippen LogP contribution in [0, 0.1) is 0 Å². The molecule has 0 amide bonds. The Morgan fingerprint density at radius 1 is 1.19 bits per heavy atom. The maximum absolute atomic E-state index is 12.4. The fourth-order valence-electron chi connectivity index (χ4n) is 3.07. The number of nitrogens with zero attached hydrogens (tertiary/aromatic N) is 1. The van der Waals surface area contributed by atoms with E-state index in [1.165, 1.54) is 11.1 Å². The molecule has 3 nitrogen and oxygen atoms in total. The number of phenolic OH excluding ortho intramolecular Hbond substituents is 1. The van der Waals surface area contributed by atoms with E-state index in [1.54, 1.807) is 24.3 Å². The van der Waals surface area contributed by atoms with Gasteiger partial charge in [-0.05, 0) is 29.2 Å². The van der Waals surface area contributed by atoms with E-state index in [4.69, 9.17) is 0 Å². The highest BCUT2D eigenvalue weighted by molar-refractivity contribution is 5.99. The van der Waals surface area contributed by atoms with Crippen molar-refractivity contribution in [2.75, 3.05) is 13.1 Å². The lowest BCUT2D eigenvalue weighted by Crippen LogP contribution is -2.36. The van der Waals surface area contributed by atoms with Crippen LogP contribution in [-0.2, 0) is 6.54 Å². The van der Waals surface area contributed by atoms with Gasteiger partial charge in [0.1, 0.15) is 5.75 Å². The van der Waals surface area contributed by atoms with Gasteiger partial charge in [-0.15, -0.1) is 0 Å². The van der Waals surface area contributed by atoms with Crippen LogP contribution in [0.25, 0.3) is 0 Å². The summed E-state index contributed by atoms with van der Waals surface area (Å²) in [6.45, 7) is 4.20. The highest BCUT2D eigenvalue weighted by Crippen LogP contribution is 2.28. The first-order chi connectivity index (χ1) is 10.1. The summed E-state index contributed by atoms with van der Waals surface area (Å²) in [4.78, 5) is 14.5. The van der Waals surface area contributed by atoms with E-state index >= 15 is 0 Å². The van der Waals surface area contributed by atoms with Crippen molar-refractivity contribution in [3.8, 4) is 5.75 Å². The Bertz CT molecular complexity index is 666. The molecule has 0 fully saturated rings. The van der Waals surface area contributed by atoms with Crippen LogP contribution in [0.3, 0.4) is 0 Å². The van der Waals surface area contributed by atoms with Crippen molar-refractivity contribution in [1.82, 2.24) is 4.90 Å². The van der Waals surface area contributed by atoms with Gasteiger partial charge in [-0.2, -0.15) is 0 Å². The average Bonchev–Trinajstić information content (AvgIpc) is 2.47. The summed E-state index contributed by atoms with van der Waals surface area (Å²) in [7, 11) is 0. The van der Waals surface area contributed by atoms with Gasteiger partial charge in [0.2, 0.25) is 0 Å². The molecule has 1 heterocycles. The molecular formula is C18H19NO2. The SMILES string of the molecule is C[C@H]1CN(CC(=O)c2ccccc2O)Cc2ccccc21. The number of phenols is 1. The Hall–Kier alpha value is -2.13. The Labute approximate surface area is 124 Å². The second-order valence-electron chi connectivity index (χ2n) is 5.71. The summed E-state index contributed by atoms with van der Waals surface area (Å²) in [5, 5.41) is 9.78. The molecular weight excluding hydrogens is 262 g/mol. The van der Waals surface area contributed by atoms with Crippen LogP contribution in [0.2, 0.25) is 0 Å².